The van der Waals surface area contributed by atoms with Crippen molar-refractivity contribution in [2.45, 2.75) is 19.1 Å². The third kappa shape index (κ3) is 4.31. The summed E-state index contributed by atoms with van der Waals surface area (Å²) in [6.45, 7) is 1.26. The normalized spacial score (nSPS) is 16.4. The van der Waals surface area contributed by atoms with E-state index in [1.807, 2.05) is 36.4 Å². The van der Waals surface area contributed by atoms with E-state index in [-0.39, 0.29) is 18.5 Å². The van der Waals surface area contributed by atoms with Crippen molar-refractivity contribution in [1.29, 1.82) is 0 Å². The second kappa shape index (κ2) is 9.00. The second-order valence-corrected chi connectivity index (χ2v) is 7.08. The van der Waals surface area contributed by atoms with Crippen LogP contribution >= 0.6 is 0 Å². The van der Waals surface area contributed by atoms with Crippen LogP contribution in [0.5, 0.6) is 5.88 Å². The molecule has 4 rings (SSSR count). The molecule has 1 N–H and O–H groups in total. The summed E-state index contributed by atoms with van der Waals surface area (Å²) in [5.41, 5.74) is 4.25. The Morgan fingerprint density at radius 3 is 2.87 bits per heavy atom. The molecule has 3 heterocycles. The fourth-order valence-corrected chi connectivity index (χ4v) is 3.68. The Morgan fingerprint density at radius 2 is 2.10 bits per heavy atom. The van der Waals surface area contributed by atoms with Crippen molar-refractivity contribution in [3.05, 3.63) is 71.8 Å². The first-order valence-corrected chi connectivity index (χ1v) is 9.83. The van der Waals surface area contributed by atoms with Crippen molar-refractivity contribution in [1.82, 2.24) is 9.97 Å². The Hall–Kier alpha value is -3.32. The van der Waals surface area contributed by atoms with Crippen molar-refractivity contribution in [2.24, 2.45) is 4.99 Å². The SMILES string of the molecule is CN=Cc1ccccc1-c1ccc(N2CC[C@H](Oc3ccc(F)cn3)C2)c(CO)n1. The summed E-state index contributed by atoms with van der Waals surface area (Å²) in [6.07, 6.45) is 3.70. The highest BCUT2D eigenvalue weighted by molar-refractivity contribution is 5.89. The van der Waals surface area contributed by atoms with Crippen molar-refractivity contribution < 1.29 is 14.2 Å². The number of nitrogens with zero attached hydrogens (tertiary/aromatic N) is 4. The maximum absolute atomic E-state index is 13.0. The number of benzene rings is 1. The molecule has 154 valence electrons. The lowest BCUT2D eigenvalue weighted by Gasteiger charge is -2.21. The standard InChI is InChI=1S/C23H23FN4O2/c1-25-12-16-4-2-3-5-19(16)20-7-8-22(21(15-29)27-20)28-11-10-18(14-28)30-23-9-6-17(24)13-26-23/h2-9,12-13,18,29H,10-11,14-15H2,1H3/t18-/m0/s1. The fourth-order valence-electron chi connectivity index (χ4n) is 3.68. The lowest BCUT2D eigenvalue weighted by molar-refractivity contribution is 0.215. The number of aliphatic hydroxyl groups excluding tert-OH is 1. The fraction of sp³-hybridized carbons (Fsp3) is 0.261. The van der Waals surface area contributed by atoms with Crippen LogP contribution < -0.4 is 9.64 Å². The monoisotopic (exact) mass is 406 g/mol. The molecular formula is C23H23FN4O2. The highest BCUT2D eigenvalue weighted by atomic mass is 19.1. The minimum absolute atomic E-state index is 0.0596. The van der Waals surface area contributed by atoms with Gasteiger partial charge in [0.2, 0.25) is 5.88 Å². The van der Waals surface area contributed by atoms with Gasteiger partial charge >= 0.3 is 0 Å². The van der Waals surface area contributed by atoms with Gasteiger partial charge < -0.3 is 14.7 Å². The minimum atomic E-state index is -0.388. The van der Waals surface area contributed by atoms with Crippen LogP contribution in [0.25, 0.3) is 11.3 Å². The number of rotatable bonds is 6. The van der Waals surface area contributed by atoms with Gasteiger partial charge in [-0.05, 0) is 18.2 Å². The van der Waals surface area contributed by atoms with Crippen LogP contribution in [0.1, 0.15) is 17.7 Å². The number of pyridine rings is 2. The van der Waals surface area contributed by atoms with Gasteiger partial charge in [-0.1, -0.05) is 24.3 Å². The molecule has 3 aromatic rings. The lowest BCUT2D eigenvalue weighted by atomic mass is 10.0. The first-order valence-electron chi connectivity index (χ1n) is 9.83. The Labute approximate surface area is 174 Å². The van der Waals surface area contributed by atoms with E-state index in [4.69, 9.17) is 9.72 Å². The average Bonchev–Trinajstić information content (AvgIpc) is 3.24. The van der Waals surface area contributed by atoms with E-state index in [0.717, 1.165) is 41.7 Å². The van der Waals surface area contributed by atoms with Crippen molar-refractivity contribution in [3.63, 3.8) is 0 Å². The molecule has 0 bridgehead atoms. The molecule has 1 fully saturated rings. The van der Waals surface area contributed by atoms with Crippen LogP contribution in [-0.4, -0.2) is 47.5 Å². The molecule has 30 heavy (non-hydrogen) atoms. The molecule has 1 aliphatic rings. The molecule has 1 aromatic carbocycles. The van der Waals surface area contributed by atoms with Crippen molar-refractivity contribution >= 4 is 11.9 Å². The van der Waals surface area contributed by atoms with Crippen LogP contribution in [0.15, 0.2) is 59.7 Å². The summed E-state index contributed by atoms with van der Waals surface area (Å²) in [6, 6.07) is 14.7. The molecule has 0 amide bonds. The van der Waals surface area contributed by atoms with Gasteiger partial charge in [-0.25, -0.2) is 14.4 Å². The Bertz CT molecular complexity index is 1040. The number of halogens is 1. The molecule has 0 aliphatic carbocycles. The molecule has 0 spiro atoms. The predicted octanol–water partition coefficient (Wildman–Crippen LogP) is 3.48. The van der Waals surface area contributed by atoms with E-state index < -0.39 is 0 Å². The molecule has 1 atom stereocenters. The van der Waals surface area contributed by atoms with E-state index in [2.05, 4.69) is 14.9 Å². The van der Waals surface area contributed by atoms with E-state index in [1.54, 1.807) is 13.3 Å². The summed E-state index contributed by atoms with van der Waals surface area (Å²) < 4.78 is 18.9. The predicted molar refractivity (Wildman–Crippen MR) is 115 cm³/mol. The van der Waals surface area contributed by atoms with Crippen LogP contribution in [-0.2, 0) is 6.61 Å². The topological polar surface area (TPSA) is 70.8 Å². The van der Waals surface area contributed by atoms with E-state index in [9.17, 15) is 9.50 Å². The number of anilines is 1. The van der Waals surface area contributed by atoms with E-state index >= 15 is 0 Å². The first-order chi connectivity index (χ1) is 14.7. The molecule has 1 saturated heterocycles. The Kier molecular flexibility index (Phi) is 5.99. The zero-order valence-electron chi connectivity index (χ0n) is 16.7. The van der Waals surface area contributed by atoms with Gasteiger partial charge in [-0.3, -0.25) is 4.99 Å². The Balaban J connectivity index is 1.53. The Morgan fingerprint density at radius 1 is 1.23 bits per heavy atom. The molecule has 2 aromatic heterocycles. The number of aromatic nitrogens is 2. The summed E-state index contributed by atoms with van der Waals surface area (Å²) in [5.74, 6) is 0.0224. The van der Waals surface area contributed by atoms with Gasteiger partial charge in [0.15, 0.2) is 0 Å². The van der Waals surface area contributed by atoms with Gasteiger partial charge in [-0.15, -0.1) is 0 Å². The molecule has 1 aliphatic heterocycles. The third-order valence-electron chi connectivity index (χ3n) is 5.08. The summed E-state index contributed by atoms with van der Waals surface area (Å²) in [7, 11) is 1.74. The van der Waals surface area contributed by atoms with Gasteiger partial charge in [-0.2, -0.15) is 0 Å². The summed E-state index contributed by atoms with van der Waals surface area (Å²) >= 11 is 0. The van der Waals surface area contributed by atoms with E-state index in [0.29, 0.717) is 18.1 Å². The number of hydrogen-bond donors (Lipinski definition) is 1. The molecule has 7 heteroatoms. The molecule has 0 unspecified atom stereocenters. The van der Waals surface area contributed by atoms with Gasteiger partial charge in [0, 0.05) is 43.4 Å². The molecule has 0 saturated carbocycles. The van der Waals surface area contributed by atoms with Gasteiger partial charge in [0.25, 0.3) is 0 Å². The highest BCUT2D eigenvalue weighted by Gasteiger charge is 2.26. The maximum Gasteiger partial charge on any atom is 0.213 e. The maximum atomic E-state index is 13.0. The molecule has 6 nitrogen and oxygen atoms in total. The van der Waals surface area contributed by atoms with Crippen molar-refractivity contribution in [2.75, 3.05) is 25.0 Å². The number of aliphatic imine (C=N–C) groups is 1. The zero-order valence-corrected chi connectivity index (χ0v) is 16.7. The summed E-state index contributed by atoms with van der Waals surface area (Å²) in [4.78, 5) is 14.9. The van der Waals surface area contributed by atoms with Crippen LogP contribution in [0.3, 0.4) is 0 Å². The molecule has 0 radical (unpaired) electrons. The molecular weight excluding hydrogens is 383 g/mol. The number of hydrogen-bond acceptors (Lipinski definition) is 6. The minimum Gasteiger partial charge on any atom is -0.472 e. The van der Waals surface area contributed by atoms with Crippen LogP contribution in [0, 0.1) is 5.82 Å². The summed E-state index contributed by atoms with van der Waals surface area (Å²) in [5, 5.41) is 9.96. The number of ether oxygens (including phenoxy) is 1. The quantitative estimate of drug-likeness (QED) is 0.635. The van der Waals surface area contributed by atoms with Crippen LogP contribution in [0.2, 0.25) is 0 Å². The largest absolute Gasteiger partial charge is 0.472 e. The highest BCUT2D eigenvalue weighted by Crippen LogP contribution is 2.29. The third-order valence-corrected chi connectivity index (χ3v) is 5.08. The van der Waals surface area contributed by atoms with Gasteiger partial charge in [0.1, 0.15) is 11.9 Å². The van der Waals surface area contributed by atoms with Crippen molar-refractivity contribution in [3.8, 4) is 17.1 Å². The number of aliphatic hydroxyl groups is 1. The average molecular weight is 406 g/mol. The first kappa shape index (κ1) is 20.0. The smallest absolute Gasteiger partial charge is 0.213 e. The van der Waals surface area contributed by atoms with Gasteiger partial charge in [0.05, 0.1) is 36.4 Å². The lowest BCUT2D eigenvalue weighted by Crippen LogP contribution is -2.26. The van der Waals surface area contributed by atoms with E-state index in [1.165, 1.54) is 12.1 Å². The second-order valence-electron chi connectivity index (χ2n) is 7.08. The van der Waals surface area contributed by atoms with Crippen LogP contribution in [0.4, 0.5) is 10.1 Å². The zero-order chi connectivity index (χ0) is 20.9.